The van der Waals surface area contributed by atoms with Gasteiger partial charge in [0.1, 0.15) is 12.3 Å². The molecule has 24 heavy (non-hydrogen) atoms. The van der Waals surface area contributed by atoms with E-state index in [4.69, 9.17) is 4.74 Å². The first-order chi connectivity index (χ1) is 11.7. The maximum absolute atomic E-state index is 12.6. The van der Waals surface area contributed by atoms with E-state index in [1.54, 1.807) is 34.2 Å². The topological polar surface area (TPSA) is 62.7 Å². The number of pyridine rings is 1. The van der Waals surface area contributed by atoms with Gasteiger partial charge in [-0.25, -0.2) is 0 Å². The van der Waals surface area contributed by atoms with Crippen molar-refractivity contribution in [3.8, 4) is 0 Å². The molecule has 2 unspecified atom stereocenters. The number of para-hydroxylation sites is 1. The maximum Gasteiger partial charge on any atom is 0.272 e. The standard InChI is InChI=1S/C18H17N3O3/c22-17-12-24-16-11-20(18(23)14-8-4-5-9-19-14)10-15(16)21(17)13-6-2-1-3-7-13/h1-9,15-16H,10-12H2. The Hall–Kier alpha value is -2.73. The molecule has 2 fully saturated rings. The molecule has 2 atom stereocenters. The van der Waals surface area contributed by atoms with Crippen LogP contribution in [-0.4, -0.2) is 53.5 Å². The molecule has 2 aromatic rings. The number of morpholine rings is 1. The number of aromatic nitrogens is 1. The van der Waals surface area contributed by atoms with E-state index in [0.717, 1.165) is 5.69 Å². The SMILES string of the molecule is O=C(c1ccccn1)N1CC2OCC(=O)N(c3ccccc3)C2C1. The van der Waals surface area contributed by atoms with Gasteiger partial charge in [-0.15, -0.1) is 0 Å². The molecule has 2 amide bonds. The highest BCUT2D eigenvalue weighted by molar-refractivity contribution is 5.97. The maximum atomic E-state index is 12.6. The van der Waals surface area contributed by atoms with Gasteiger partial charge in [0.2, 0.25) is 0 Å². The van der Waals surface area contributed by atoms with Crippen molar-refractivity contribution in [1.82, 2.24) is 9.88 Å². The minimum Gasteiger partial charge on any atom is -0.364 e. The summed E-state index contributed by atoms with van der Waals surface area (Å²) in [6.45, 7) is 0.957. The minimum atomic E-state index is -0.171. The molecule has 0 radical (unpaired) electrons. The van der Waals surface area contributed by atoms with Crippen molar-refractivity contribution in [1.29, 1.82) is 0 Å². The number of anilines is 1. The molecule has 2 saturated heterocycles. The Morgan fingerprint density at radius 3 is 2.62 bits per heavy atom. The van der Waals surface area contributed by atoms with Crippen LogP contribution in [0.1, 0.15) is 10.5 Å². The molecule has 4 rings (SSSR count). The second kappa shape index (κ2) is 6.05. The lowest BCUT2D eigenvalue weighted by molar-refractivity contribution is -0.130. The number of carbonyl (C=O) groups excluding carboxylic acids is 2. The molecule has 2 aliphatic rings. The van der Waals surface area contributed by atoms with E-state index in [0.29, 0.717) is 18.8 Å². The van der Waals surface area contributed by atoms with E-state index in [1.165, 1.54) is 0 Å². The van der Waals surface area contributed by atoms with E-state index in [9.17, 15) is 9.59 Å². The number of benzene rings is 1. The molecule has 1 aromatic heterocycles. The third-order valence-corrected chi connectivity index (χ3v) is 4.46. The van der Waals surface area contributed by atoms with E-state index >= 15 is 0 Å². The lowest BCUT2D eigenvalue weighted by atomic mass is 10.1. The average molecular weight is 323 g/mol. The van der Waals surface area contributed by atoms with E-state index in [2.05, 4.69) is 4.98 Å². The lowest BCUT2D eigenvalue weighted by Gasteiger charge is -2.36. The first-order valence-corrected chi connectivity index (χ1v) is 7.93. The molecule has 1 aromatic carbocycles. The van der Waals surface area contributed by atoms with Crippen molar-refractivity contribution in [2.75, 3.05) is 24.6 Å². The Kier molecular flexibility index (Phi) is 3.74. The Labute approximate surface area is 139 Å². The predicted molar refractivity (Wildman–Crippen MR) is 87.6 cm³/mol. The first kappa shape index (κ1) is 14.8. The van der Waals surface area contributed by atoms with Gasteiger partial charge in [-0.1, -0.05) is 24.3 Å². The average Bonchev–Trinajstić information content (AvgIpc) is 3.06. The highest BCUT2D eigenvalue weighted by atomic mass is 16.5. The second-order valence-electron chi connectivity index (χ2n) is 5.94. The van der Waals surface area contributed by atoms with Crippen LogP contribution in [0.5, 0.6) is 0 Å². The quantitative estimate of drug-likeness (QED) is 0.837. The van der Waals surface area contributed by atoms with Gasteiger partial charge in [0.25, 0.3) is 11.8 Å². The Morgan fingerprint density at radius 2 is 1.88 bits per heavy atom. The van der Waals surface area contributed by atoms with Crippen LogP contribution in [-0.2, 0) is 9.53 Å². The Bertz CT molecular complexity index is 751. The van der Waals surface area contributed by atoms with Crippen LogP contribution in [0.4, 0.5) is 5.69 Å². The number of carbonyl (C=O) groups is 2. The highest BCUT2D eigenvalue weighted by Gasteiger charge is 2.45. The van der Waals surface area contributed by atoms with Gasteiger partial charge < -0.3 is 14.5 Å². The van der Waals surface area contributed by atoms with Gasteiger partial charge in [-0.3, -0.25) is 14.6 Å². The van der Waals surface area contributed by atoms with Crippen LogP contribution in [0, 0.1) is 0 Å². The Morgan fingerprint density at radius 1 is 1.08 bits per heavy atom. The normalized spacial score (nSPS) is 23.2. The number of fused-ring (bicyclic) bond motifs is 1. The molecular formula is C18H17N3O3. The third-order valence-electron chi connectivity index (χ3n) is 4.46. The molecule has 0 saturated carbocycles. The van der Waals surface area contributed by atoms with Crippen molar-refractivity contribution >= 4 is 17.5 Å². The summed E-state index contributed by atoms with van der Waals surface area (Å²) in [6, 6.07) is 14.6. The zero-order chi connectivity index (χ0) is 16.5. The molecule has 0 aliphatic carbocycles. The lowest BCUT2D eigenvalue weighted by Crippen LogP contribution is -2.54. The fourth-order valence-electron chi connectivity index (χ4n) is 3.34. The van der Waals surface area contributed by atoms with Gasteiger partial charge in [-0.05, 0) is 24.3 Å². The zero-order valence-electron chi connectivity index (χ0n) is 13.0. The largest absolute Gasteiger partial charge is 0.364 e. The summed E-state index contributed by atoms with van der Waals surface area (Å²) < 4.78 is 5.68. The van der Waals surface area contributed by atoms with Gasteiger partial charge in [-0.2, -0.15) is 0 Å². The summed E-state index contributed by atoms with van der Waals surface area (Å²) in [5.41, 5.74) is 1.25. The van der Waals surface area contributed by atoms with Crippen LogP contribution < -0.4 is 4.90 Å². The van der Waals surface area contributed by atoms with Crippen molar-refractivity contribution in [2.45, 2.75) is 12.1 Å². The summed E-state index contributed by atoms with van der Waals surface area (Å²) in [5.74, 6) is -0.205. The summed E-state index contributed by atoms with van der Waals surface area (Å²) in [5, 5.41) is 0. The van der Waals surface area contributed by atoms with Crippen molar-refractivity contribution in [3.05, 3.63) is 60.4 Å². The molecule has 6 nitrogen and oxygen atoms in total. The zero-order valence-corrected chi connectivity index (χ0v) is 13.0. The number of rotatable bonds is 2. The molecular weight excluding hydrogens is 306 g/mol. The molecule has 122 valence electrons. The van der Waals surface area contributed by atoms with E-state index in [1.807, 2.05) is 30.3 Å². The minimum absolute atomic E-state index is 0.0433. The monoisotopic (exact) mass is 323 g/mol. The molecule has 3 heterocycles. The summed E-state index contributed by atoms with van der Waals surface area (Å²) in [4.78, 5) is 32.6. The highest BCUT2D eigenvalue weighted by Crippen LogP contribution is 2.29. The van der Waals surface area contributed by atoms with Gasteiger partial charge in [0.15, 0.2) is 0 Å². The number of ether oxygens (including phenoxy) is 1. The van der Waals surface area contributed by atoms with Crippen LogP contribution in [0.15, 0.2) is 54.7 Å². The molecule has 0 N–H and O–H groups in total. The van der Waals surface area contributed by atoms with Crippen LogP contribution >= 0.6 is 0 Å². The van der Waals surface area contributed by atoms with E-state index in [-0.39, 0.29) is 30.6 Å². The number of likely N-dealkylation sites (tertiary alicyclic amines) is 1. The predicted octanol–water partition coefficient (Wildman–Crippen LogP) is 1.34. The summed E-state index contributed by atoms with van der Waals surface area (Å²) in [6.07, 6.45) is 1.43. The number of hydrogen-bond donors (Lipinski definition) is 0. The second-order valence-corrected chi connectivity index (χ2v) is 5.94. The molecule has 2 aliphatic heterocycles. The van der Waals surface area contributed by atoms with E-state index < -0.39 is 0 Å². The van der Waals surface area contributed by atoms with Crippen LogP contribution in [0.25, 0.3) is 0 Å². The summed E-state index contributed by atoms with van der Waals surface area (Å²) >= 11 is 0. The number of nitrogens with zero attached hydrogens (tertiary/aromatic N) is 3. The van der Waals surface area contributed by atoms with Crippen LogP contribution in [0.2, 0.25) is 0 Å². The van der Waals surface area contributed by atoms with Crippen molar-refractivity contribution < 1.29 is 14.3 Å². The summed E-state index contributed by atoms with van der Waals surface area (Å²) in [7, 11) is 0. The fourth-order valence-corrected chi connectivity index (χ4v) is 3.34. The smallest absolute Gasteiger partial charge is 0.272 e. The number of hydrogen-bond acceptors (Lipinski definition) is 4. The van der Waals surface area contributed by atoms with Gasteiger partial charge in [0, 0.05) is 25.0 Å². The Balaban J connectivity index is 1.59. The third kappa shape index (κ3) is 2.55. The van der Waals surface area contributed by atoms with Crippen molar-refractivity contribution in [3.63, 3.8) is 0 Å². The van der Waals surface area contributed by atoms with Gasteiger partial charge >= 0.3 is 0 Å². The van der Waals surface area contributed by atoms with Crippen molar-refractivity contribution in [2.24, 2.45) is 0 Å². The molecule has 6 heteroatoms. The number of amides is 2. The molecule has 0 bridgehead atoms. The first-order valence-electron chi connectivity index (χ1n) is 7.93. The van der Waals surface area contributed by atoms with Crippen LogP contribution in [0.3, 0.4) is 0 Å². The molecule has 0 spiro atoms. The fraction of sp³-hybridized carbons (Fsp3) is 0.278. The van der Waals surface area contributed by atoms with Gasteiger partial charge in [0.05, 0.1) is 12.1 Å².